The molecule has 198 valence electrons. The van der Waals surface area contributed by atoms with Gasteiger partial charge in [0.1, 0.15) is 17.7 Å². The van der Waals surface area contributed by atoms with Gasteiger partial charge in [-0.15, -0.1) is 0 Å². The second-order valence-corrected chi connectivity index (χ2v) is 10.4. The van der Waals surface area contributed by atoms with Gasteiger partial charge in [0.25, 0.3) is 0 Å². The Labute approximate surface area is 223 Å². The molecular formula is C28H35N9O. The number of anilines is 3. The first-order valence-electron chi connectivity index (χ1n) is 13.6. The minimum atomic E-state index is 0.116. The lowest BCUT2D eigenvalue weighted by molar-refractivity contribution is -0.0327. The lowest BCUT2D eigenvalue weighted by Crippen LogP contribution is -2.54. The molecule has 3 aliphatic rings. The topological polar surface area (TPSA) is 96.7 Å². The molecule has 3 aliphatic heterocycles. The molecule has 5 heterocycles. The smallest absolute Gasteiger partial charge is 0.147 e. The third-order valence-corrected chi connectivity index (χ3v) is 7.76. The molecule has 0 bridgehead atoms. The Balaban J connectivity index is 1.07. The summed E-state index contributed by atoms with van der Waals surface area (Å²) in [7, 11) is 0. The highest BCUT2D eigenvalue weighted by Gasteiger charge is 2.29. The average Bonchev–Trinajstić information content (AvgIpc) is 2.97. The zero-order chi connectivity index (χ0) is 25.9. The Bertz CT molecular complexity index is 1280. The van der Waals surface area contributed by atoms with Crippen LogP contribution in [0.25, 0.3) is 10.9 Å². The molecule has 1 N–H and O–H groups in total. The molecule has 0 unspecified atom stereocenters. The molecule has 10 nitrogen and oxygen atoms in total. The Kier molecular flexibility index (Phi) is 7.22. The van der Waals surface area contributed by atoms with E-state index in [-0.39, 0.29) is 12.2 Å². The molecule has 3 saturated heterocycles. The van der Waals surface area contributed by atoms with Crippen LogP contribution in [-0.2, 0) is 4.74 Å². The van der Waals surface area contributed by atoms with Crippen LogP contribution in [0, 0.1) is 11.3 Å². The number of morpholine rings is 1. The fraction of sp³-hybridized carbons (Fsp3) is 0.500. The van der Waals surface area contributed by atoms with Crippen LogP contribution in [-0.4, -0.2) is 104 Å². The van der Waals surface area contributed by atoms with Crippen molar-refractivity contribution in [1.82, 2.24) is 25.2 Å². The number of nitrogens with zero attached hydrogens (tertiary/aromatic N) is 8. The molecule has 0 aliphatic carbocycles. The van der Waals surface area contributed by atoms with Crippen LogP contribution >= 0.6 is 0 Å². The molecule has 3 fully saturated rings. The van der Waals surface area contributed by atoms with Gasteiger partial charge in [-0.3, -0.25) is 9.88 Å². The summed E-state index contributed by atoms with van der Waals surface area (Å²) in [6.07, 6.45) is 5.84. The monoisotopic (exact) mass is 513 g/mol. The highest BCUT2D eigenvalue weighted by Crippen LogP contribution is 2.30. The van der Waals surface area contributed by atoms with Crippen molar-refractivity contribution in [3.05, 3.63) is 48.4 Å². The molecule has 0 spiro atoms. The van der Waals surface area contributed by atoms with Gasteiger partial charge >= 0.3 is 0 Å². The number of rotatable bonds is 5. The molecule has 10 heteroatoms. The fourth-order valence-electron chi connectivity index (χ4n) is 5.85. The van der Waals surface area contributed by atoms with Gasteiger partial charge in [0.2, 0.25) is 0 Å². The number of piperazine rings is 2. The third-order valence-electron chi connectivity index (χ3n) is 7.76. The van der Waals surface area contributed by atoms with E-state index in [0.717, 1.165) is 100 Å². The van der Waals surface area contributed by atoms with Gasteiger partial charge in [-0.25, -0.2) is 9.97 Å². The van der Waals surface area contributed by atoms with Crippen LogP contribution < -0.4 is 20.0 Å². The van der Waals surface area contributed by atoms with E-state index in [1.807, 2.05) is 24.5 Å². The summed E-state index contributed by atoms with van der Waals surface area (Å²) >= 11 is 0. The van der Waals surface area contributed by atoms with Gasteiger partial charge in [0.05, 0.1) is 35.7 Å². The summed E-state index contributed by atoms with van der Waals surface area (Å²) in [6, 6.07) is 10.2. The number of nitriles is 1. The van der Waals surface area contributed by atoms with Crippen molar-refractivity contribution in [3.63, 3.8) is 0 Å². The summed E-state index contributed by atoms with van der Waals surface area (Å²) in [5, 5.41) is 13.9. The summed E-state index contributed by atoms with van der Waals surface area (Å²) in [6.45, 7) is 12.4. The Morgan fingerprint density at radius 3 is 2.37 bits per heavy atom. The van der Waals surface area contributed by atoms with E-state index in [4.69, 9.17) is 14.7 Å². The number of fused-ring (bicyclic) bond motifs is 1. The van der Waals surface area contributed by atoms with Gasteiger partial charge in [0, 0.05) is 89.3 Å². The van der Waals surface area contributed by atoms with E-state index >= 15 is 0 Å². The average molecular weight is 514 g/mol. The van der Waals surface area contributed by atoms with Crippen molar-refractivity contribution < 1.29 is 4.74 Å². The Morgan fingerprint density at radius 2 is 1.66 bits per heavy atom. The van der Waals surface area contributed by atoms with Crippen LogP contribution in [0.5, 0.6) is 0 Å². The SMILES string of the molecule is C[C@@H]1CN(c2ccc(C#N)c3ncccc23)C[C@H](CN2CCN(c3cnc(N4CCNCC4)cn3)CC2)O1. The molecule has 6 rings (SSSR count). The van der Waals surface area contributed by atoms with E-state index in [1.165, 1.54) is 0 Å². The van der Waals surface area contributed by atoms with Crippen molar-refractivity contribution in [2.45, 2.75) is 19.1 Å². The fourth-order valence-corrected chi connectivity index (χ4v) is 5.85. The van der Waals surface area contributed by atoms with E-state index in [2.05, 4.69) is 55.0 Å². The van der Waals surface area contributed by atoms with E-state index < -0.39 is 0 Å². The van der Waals surface area contributed by atoms with Crippen molar-refractivity contribution >= 4 is 28.2 Å². The van der Waals surface area contributed by atoms with Crippen molar-refractivity contribution in [3.8, 4) is 6.07 Å². The number of pyridine rings is 1. The van der Waals surface area contributed by atoms with Gasteiger partial charge in [-0.1, -0.05) is 0 Å². The summed E-state index contributed by atoms with van der Waals surface area (Å²) < 4.78 is 6.38. The summed E-state index contributed by atoms with van der Waals surface area (Å²) in [4.78, 5) is 23.4. The number of benzene rings is 1. The summed E-state index contributed by atoms with van der Waals surface area (Å²) in [5.41, 5.74) is 2.51. The van der Waals surface area contributed by atoms with Crippen molar-refractivity contribution in [1.29, 1.82) is 5.26 Å². The highest BCUT2D eigenvalue weighted by atomic mass is 16.5. The van der Waals surface area contributed by atoms with Crippen LogP contribution in [0.4, 0.5) is 17.3 Å². The molecule has 2 aromatic heterocycles. The zero-order valence-corrected chi connectivity index (χ0v) is 22.0. The van der Waals surface area contributed by atoms with Crippen LogP contribution in [0.15, 0.2) is 42.9 Å². The second-order valence-electron chi connectivity index (χ2n) is 10.4. The lowest BCUT2D eigenvalue weighted by Gasteiger charge is -2.42. The van der Waals surface area contributed by atoms with Gasteiger partial charge < -0.3 is 24.8 Å². The molecule has 38 heavy (non-hydrogen) atoms. The number of hydrogen-bond donors (Lipinski definition) is 1. The minimum Gasteiger partial charge on any atom is -0.370 e. The molecule has 2 atom stereocenters. The first-order chi connectivity index (χ1) is 18.7. The molecule has 1 aromatic carbocycles. The van der Waals surface area contributed by atoms with Gasteiger partial charge in [-0.2, -0.15) is 5.26 Å². The Hall–Kier alpha value is -3.52. The predicted molar refractivity (Wildman–Crippen MR) is 149 cm³/mol. The number of ether oxygens (including phenoxy) is 1. The quantitative estimate of drug-likeness (QED) is 0.543. The largest absolute Gasteiger partial charge is 0.370 e. The van der Waals surface area contributed by atoms with Gasteiger partial charge in [0.15, 0.2) is 0 Å². The van der Waals surface area contributed by atoms with E-state index in [1.54, 1.807) is 6.20 Å². The lowest BCUT2D eigenvalue weighted by atomic mass is 10.1. The van der Waals surface area contributed by atoms with E-state index in [9.17, 15) is 5.26 Å². The third kappa shape index (κ3) is 5.23. The highest BCUT2D eigenvalue weighted by molar-refractivity contribution is 5.95. The van der Waals surface area contributed by atoms with Crippen LogP contribution in [0.2, 0.25) is 0 Å². The molecule has 3 aromatic rings. The normalized spacial score (nSPS) is 23.0. The molecule has 0 saturated carbocycles. The second kappa shape index (κ2) is 11.1. The zero-order valence-electron chi connectivity index (χ0n) is 22.0. The number of hydrogen-bond acceptors (Lipinski definition) is 10. The number of aromatic nitrogens is 3. The molecule has 0 amide bonds. The maximum atomic E-state index is 9.52. The van der Waals surface area contributed by atoms with Crippen LogP contribution in [0.1, 0.15) is 12.5 Å². The van der Waals surface area contributed by atoms with Crippen molar-refractivity contribution in [2.24, 2.45) is 0 Å². The van der Waals surface area contributed by atoms with Crippen molar-refractivity contribution in [2.75, 3.05) is 86.7 Å². The maximum Gasteiger partial charge on any atom is 0.147 e. The van der Waals surface area contributed by atoms with Gasteiger partial charge in [-0.05, 0) is 31.2 Å². The maximum absolute atomic E-state index is 9.52. The summed E-state index contributed by atoms with van der Waals surface area (Å²) in [5.74, 6) is 1.92. The Morgan fingerprint density at radius 1 is 0.921 bits per heavy atom. The van der Waals surface area contributed by atoms with E-state index in [0.29, 0.717) is 5.56 Å². The molecular weight excluding hydrogens is 478 g/mol. The number of nitrogens with one attached hydrogen (secondary N) is 1. The standard InChI is InChI=1S/C28H35N9O/c1-21-18-37(25-5-4-22(15-29)28-24(25)3-2-6-31-28)20-23(38-21)19-34-11-13-36(14-12-34)27-17-32-26(16-33-27)35-9-7-30-8-10-35/h2-6,16-17,21,23,30H,7-14,18-20H2,1H3/t21-,23+/m1/s1. The predicted octanol–water partition coefficient (Wildman–Crippen LogP) is 1.72. The first-order valence-corrected chi connectivity index (χ1v) is 13.6. The van der Waals surface area contributed by atoms with Crippen LogP contribution in [0.3, 0.4) is 0 Å². The first kappa shape index (κ1) is 24.8. The minimum absolute atomic E-state index is 0.116. The molecule has 0 radical (unpaired) electrons.